The molecule has 1 aliphatic rings. The number of rotatable bonds is 2. The van der Waals surface area contributed by atoms with Crippen LogP contribution in [0.15, 0.2) is 42.6 Å². The minimum absolute atomic E-state index is 0.0812. The first-order valence-electron chi connectivity index (χ1n) is 7.87. The van der Waals surface area contributed by atoms with Crippen molar-refractivity contribution in [3.05, 3.63) is 59.3 Å². The van der Waals surface area contributed by atoms with Crippen LogP contribution in [0, 0.1) is 13.8 Å². The van der Waals surface area contributed by atoms with Crippen molar-refractivity contribution >= 4 is 11.7 Å². The minimum atomic E-state index is 0.0812. The van der Waals surface area contributed by atoms with Crippen LogP contribution in [0.3, 0.4) is 0 Å². The molecule has 1 amide bonds. The first kappa shape index (κ1) is 15.3. The van der Waals surface area contributed by atoms with Crippen molar-refractivity contribution in [2.24, 2.45) is 0 Å². The van der Waals surface area contributed by atoms with E-state index < -0.39 is 0 Å². The van der Waals surface area contributed by atoms with Gasteiger partial charge in [-0.3, -0.25) is 9.69 Å². The molecule has 5 nitrogen and oxygen atoms in total. The molecule has 1 saturated heterocycles. The van der Waals surface area contributed by atoms with Crippen molar-refractivity contribution in [3.8, 4) is 0 Å². The highest BCUT2D eigenvalue weighted by Gasteiger charge is 2.28. The zero-order valence-corrected chi connectivity index (χ0v) is 13.6. The predicted octanol–water partition coefficient (Wildman–Crippen LogP) is 1.79. The molecular weight excluding hydrogens is 290 g/mol. The van der Waals surface area contributed by atoms with Crippen molar-refractivity contribution < 1.29 is 14.7 Å². The van der Waals surface area contributed by atoms with Crippen LogP contribution in [-0.4, -0.2) is 42.2 Å². The van der Waals surface area contributed by atoms with Gasteiger partial charge in [0.25, 0.3) is 5.91 Å². The van der Waals surface area contributed by atoms with Crippen LogP contribution >= 0.6 is 0 Å². The number of carbonyl (C=O) groups is 1. The lowest BCUT2D eigenvalue weighted by Crippen LogP contribution is -2.52. The zero-order valence-electron chi connectivity index (χ0n) is 13.6. The van der Waals surface area contributed by atoms with Gasteiger partial charge in [-0.1, -0.05) is 16.9 Å². The van der Waals surface area contributed by atoms with Crippen molar-refractivity contribution in [2.75, 3.05) is 31.1 Å². The lowest BCUT2D eigenvalue weighted by Gasteiger charge is -2.31. The summed E-state index contributed by atoms with van der Waals surface area (Å²) < 4.78 is 1.13. The number of hydrogen-bond acceptors (Lipinski definition) is 3. The van der Waals surface area contributed by atoms with E-state index in [1.54, 1.807) is 12.3 Å². The van der Waals surface area contributed by atoms with E-state index >= 15 is 0 Å². The summed E-state index contributed by atoms with van der Waals surface area (Å²) >= 11 is 0. The van der Waals surface area contributed by atoms with Crippen LogP contribution in [0.1, 0.15) is 21.5 Å². The highest BCUT2D eigenvalue weighted by atomic mass is 16.5. The van der Waals surface area contributed by atoms with E-state index in [2.05, 4.69) is 4.90 Å². The molecule has 0 bridgehead atoms. The molecule has 1 fully saturated rings. The Labute approximate surface area is 136 Å². The monoisotopic (exact) mass is 312 g/mol. The molecule has 5 heteroatoms. The molecule has 0 saturated carbocycles. The zero-order chi connectivity index (χ0) is 16.4. The van der Waals surface area contributed by atoms with Gasteiger partial charge in [-0.05, 0) is 43.2 Å². The Hall–Kier alpha value is -2.56. The molecule has 0 radical (unpaired) electrons. The maximum absolute atomic E-state index is 12.6. The second-order valence-corrected chi connectivity index (χ2v) is 5.98. The SMILES string of the molecule is Cc1ccc(C(=O)N2CCN(c3cccc[n+]3O)CC2)cc1C. The Morgan fingerprint density at radius 1 is 1.04 bits per heavy atom. The summed E-state index contributed by atoms with van der Waals surface area (Å²) in [6.07, 6.45) is 1.61. The number of amides is 1. The molecule has 2 heterocycles. The molecule has 1 aromatic carbocycles. The second-order valence-electron chi connectivity index (χ2n) is 5.98. The van der Waals surface area contributed by atoms with Gasteiger partial charge in [0, 0.05) is 11.6 Å². The van der Waals surface area contributed by atoms with Gasteiger partial charge in [0.15, 0.2) is 0 Å². The van der Waals surface area contributed by atoms with Gasteiger partial charge in [-0.15, -0.1) is 0 Å². The molecule has 120 valence electrons. The molecule has 1 aromatic heterocycles. The third-order valence-electron chi connectivity index (χ3n) is 4.46. The fraction of sp³-hybridized carbons (Fsp3) is 0.333. The van der Waals surface area contributed by atoms with E-state index in [-0.39, 0.29) is 5.91 Å². The molecule has 0 atom stereocenters. The summed E-state index contributed by atoms with van der Waals surface area (Å²) in [6.45, 7) is 6.80. The number of carbonyl (C=O) groups excluding carboxylic acids is 1. The molecule has 0 aliphatic carbocycles. The van der Waals surface area contributed by atoms with E-state index in [1.807, 2.05) is 49.1 Å². The Balaban J connectivity index is 1.68. The van der Waals surface area contributed by atoms with Crippen molar-refractivity contribution in [3.63, 3.8) is 0 Å². The highest BCUT2D eigenvalue weighted by molar-refractivity contribution is 5.94. The van der Waals surface area contributed by atoms with Crippen LogP contribution in [0.25, 0.3) is 0 Å². The predicted molar refractivity (Wildman–Crippen MR) is 87.9 cm³/mol. The summed E-state index contributed by atoms with van der Waals surface area (Å²) in [4.78, 5) is 16.6. The quantitative estimate of drug-likeness (QED) is 0.679. The Kier molecular flexibility index (Phi) is 4.19. The lowest BCUT2D eigenvalue weighted by atomic mass is 10.1. The average molecular weight is 312 g/mol. The number of aryl methyl sites for hydroxylation is 2. The smallest absolute Gasteiger partial charge is 0.316 e. The number of pyridine rings is 1. The highest BCUT2D eigenvalue weighted by Crippen LogP contribution is 2.15. The molecule has 1 aliphatic heterocycles. The molecule has 0 spiro atoms. The van der Waals surface area contributed by atoms with Crippen LogP contribution in [0.2, 0.25) is 0 Å². The summed E-state index contributed by atoms with van der Waals surface area (Å²) in [5, 5.41) is 9.87. The van der Waals surface area contributed by atoms with Gasteiger partial charge in [0.05, 0.1) is 13.1 Å². The summed E-state index contributed by atoms with van der Waals surface area (Å²) in [6, 6.07) is 11.4. The summed E-state index contributed by atoms with van der Waals surface area (Å²) in [5.74, 6) is 0.837. The van der Waals surface area contributed by atoms with E-state index in [4.69, 9.17) is 0 Å². The number of hydrogen-bond donors (Lipinski definition) is 1. The van der Waals surface area contributed by atoms with Crippen LogP contribution in [-0.2, 0) is 0 Å². The molecule has 23 heavy (non-hydrogen) atoms. The molecule has 3 rings (SSSR count). The summed E-state index contributed by atoms with van der Waals surface area (Å²) in [5.41, 5.74) is 3.08. The lowest BCUT2D eigenvalue weighted by molar-refractivity contribution is -0.894. The number of aromatic nitrogens is 1. The van der Waals surface area contributed by atoms with Crippen molar-refractivity contribution in [1.82, 2.24) is 4.90 Å². The standard InChI is InChI=1S/C18H22N3O2/c1-14-6-7-16(13-15(14)2)18(22)20-11-9-19(10-12-20)17-5-3-4-8-21(17)23/h3-8,13,23H,9-12H2,1-2H3/q+1. The van der Waals surface area contributed by atoms with Crippen LogP contribution in [0.5, 0.6) is 0 Å². The van der Waals surface area contributed by atoms with E-state index in [1.165, 1.54) is 5.56 Å². The Morgan fingerprint density at radius 2 is 1.78 bits per heavy atom. The van der Waals surface area contributed by atoms with Crippen molar-refractivity contribution in [1.29, 1.82) is 0 Å². The first-order chi connectivity index (χ1) is 11.1. The number of piperazine rings is 1. The van der Waals surface area contributed by atoms with Gasteiger partial charge < -0.3 is 10.1 Å². The summed E-state index contributed by atoms with van der Waals surface area (Å²) in [7, 11) is 0. The largest absolute Gasteiger partial charge is 0.350 e. The van der Waals surface area contributed by atoms with E-state index in [0.717, 1.165) is 21.7 Å². The van der Waals surface area contributed by atoms with E-state index in [0.29, 0.717) is 26.2 Å². The van der Waals surface area contributed by atoms with E-state index in [9.17, 15) is 10.0 Å². The molecular formula is C18H22N3O2+. The van der Waals surface area contributed by atoms with Gasteiger partial charge in [-0.2, -0.15) is 0 Å². The average Bonchev–Trinajstić information content (AvgIpc) is 2.57. The fourth-order valence-corrected chi connectivity index (χ4v) is 2.87. The number of benzene rings is 1. The van der Waals surface area contributed by atoms with Gasteiger partial charge in [0.2, 0.25) is 0 Å². The minimum Gasteiger partial charge on any atom is -0.350 e. The van der Waals surface area contributed by atoms with Crippen LogP contribution in [0.4, 0.5) is 5.82 Å². The molecule has 1 N–H and O–H groups in total. The van der Waals surface area contributed by atoms with Gasteiger partial charge in [0.1, 0.15) is 19.3 Å². The van der Waals surface area contributed by atoms with Gasteiger partial charge >= 0.3 is 5.82 Å². The third-order valence-corrected chi connectivity index (χ3v) is 4.46. The number of nitrogens with zero attached hydrogens (tertiary/aromatic N) is 3. The van der Waals surface area contributed by atoms with Crippen molar-refractivity contribution in [2.45, 2.75) is 13.8 Å². The molecule has 2 aromatic rings. The fourth-order valence-electron chi connectivity index (χ4n) is 2.87. The van der Waals surface area contributed by atoms with Crippen LogP contribution < -0.4 is 9.63 Å². The van der Waals surface area contributed by atoms with Gasteiger partial charge in [-0.25, -0.2) is 0 Å². The second kappa shape index (κ2) is 6.28. The third kappa shape index (κ3) is 3.13. The Morgan fingerprint density at radius 3 is 2.43 bits per heavy atom. The maximum Gasteiger partial charge on any atom is 0.316 e. The topological polar surface area (TPSA) is 47.7 Å². The maximum atomic E-state index is 12.6. The molecule has 0 unspecified atom stereocenters. The Bertz CT molecular complexity index is 722. The first-order valence-corrected chi connectivity index (χ1v) is 7.87. The number of anilines is 1. The normalized spacial score (nSPS) is 14.9.